The largest absolute Gasteiger partial charge is 0.491 e. The van der Waals surface area contributed by atoms with Crippen LogP contribution in [0.4, 0.5) is 26.7 Å². The van der Waals surface area contributed by atoms with Crippen molar-refractivity contribution in [2.45, 2.75) is 18.1 Å². The lowest BCUT2D eigenvalue weighted by Crippen LogP contribution is -2.50. The number of carbonyl (C=O) groups excluding carboxylic acids is 3. The number of esters is 2. The molecule has 2 aliphatic heterocycles. The van der Waals surface area contributed by atoms with Crippen LogP contribution in [0.15, 0.2) is 0 Å². The van der Waals surface area contributed by atoms with E-state index >= 15 is 0 Å². The van der Waals surface area contributed by atoms with E-state index < -0.39 is 36.6 Å². The van der Waals surface area contributed by atoms with Crippen LogP contribution in [0.2, 0.25) is 0 Å². The zero-order valence-corrected chi connectivity index (χ0v) is 11.5. The Balaban J connectivity index is 1.99. The molecule has 0 bridgehead atoms. The Morgan fingerprint density at radius 2 is 1.87 bits per heavy atom. The van der Waals surface area contributed by atoms with Gasteiger partial charge in [-0.1, -0.05) is 0 Å². The Morgan fingerprint density at radius 1 is 1.22 bits per heavy atom. The number of nitrogens with one attached hydrogen (secondary N) is 1. The summed E-state index contributed by atoms with van der Waals surface area (Å²) in [5.74, 6) is -10.1. The van der Waals surface area contributed by atoms with Crippen molar-refractivity contribution in [2.24, 2.45) is 0 Å². The average Bonchev–Trinajstić information content (AvgIpc) is 2.74. The fourth-order valence-electron chi connectivity index (χ4n) is 2.34. The Hall–Kier alpha value is -1.98. The van der Waals surface area contributed by atoms with Gasteiger partial charge in [-0.05, 0) is 0 Å². The van der Waals surface area contributed by atoms with Crippen LogP contribution in [0.1, 0.15) is 0 Å². The van der Waals surface area contributed by atoms with Gasteiger partial charge >= 0.3 is 30.1 Å². The molecule has 23 heavy (non-hydrogen) atoms. The van der Waals surface area contributed by atoms with Crippen LogP contribution in [-0.4, -0.2) is 78.6 Å². The number of hydrogen-bond donors (Lipinski definition) is 1. The maximum Gasteiger partial charge on any atom is 0.491 e. The topological polar surface area (TPSA) is 78.9 Å². The first-order valence-corrected chi connectivity index (χ1v) is 6.50. The van der Waals surface area contributed by atoms with Crippen molar-refractivity contribution in [3.63, 3.8) is 0 Å². The monoisotopic (exact) mass is 345 g/mol. The van der Waals surface area contributed by atoms with E-state index in [9.17, 15) is 36.3 Å². The van der Waals surface area contributed by atoms with Crippen molar-refractivity contribution in [2.75, 3.05) is 32.7 Å². The summed E-state index contributed by atoms with van der Waals surface area (Å²) in [6.07, 6.45) is -5.57. The van der Waals surface area contributed by atoms with Gasteiger partial charge < -0.3 is 19.9 Å². The highest BCUT2D eigenvalue weighted by Crippen LogP contribution is 2.25. The highest BCUT2D eigenvalue weighted by molar-refractivity contribution is 5.92. The summed E-state index contributed by atoms with van der Waals surface area (Å²) in [6.45, 7) is -0.410. The predicted octanol–water partition coefficient (Wildman–Crippen LogP) is -0.0368. The van der Waals surface area contributed by atoms with Gasteiger partial charge in [-0.3, -0.25) is 0 Å². The van der Waals surface area contributed by atoms with E-state index in [-0.39, 0.29) is 12.6 Å². The molecule has 2 aliphatic rings. The number of carbonyl (C=O) groups is 3. The van der Waals surface area contributed by atoms with Gasteiger partial charge in [0, 0.05) is 26.2 Å². The van der Waals surface area contributed by atoms with Crippen LogP contribution in [-0.2, 0) is 14.3 Å². The van der Waals surface area contributed by atoms with Crippen LogP contribution < -0.4 is 5.32 Å². The van der Waals surface area contributed by atoms with Gasteiger partial charge in [0.15, 0.2) is 0 Å². The number of alkyl halides is 5. The Labute approximate surface area is 126 Å². The van der Waals surface area contributed by atoms with Crippen molar-refractivity contribution < 1.29 is 41.1 Å². The Morgan fingerprint density at radius 3 is 2.43 bits per heavy atom. The maximum atomic E-state index is 13.6. The van der Waals surface area contributed by atoms with Gasteiger partial charge in [-0.15, -0.1) is 0 Å². The molecular formula is C11H12F5N3O4. The minimum Gasteiger partial charge on any atom is -0.382 e. The number of ether oxygens (including phenoxy) is 1. The molecule has 7 nitrogen and oxygen atoms in total. The SMILES string of the molecule is O=C1N(CC(F)(F)C(=O)OC(=O)C(F)(F)F)C[C@@H]2CNCCN12. The van der Waals surface area contributed by atoms with E-state index in [1.54, 1.807) is 0 Å². The molecule has 0 aliphatic carbocycles. The minimum atomic E-state index is -5.57. The van der Waals surface area contributed by atoms with Crippen molar-refractivity contribution >= 4 is 18.0 Å². The fourth-order valence-corrected chi connectivity index (χ4v) is 2.34. The van der Waals surface area contributed by atoms with Crippen molar-refractivity contribution in [3.8, 4) is 0 Å². The predicted molar refractivity (Wildman–Crippen MR) is 62.4 cm³/mol. The summed E-state index contributed by atoms with van der Waals surface area (Å²) in [5, 5.41) is 2.96. The molecule has 0 spiro atoms. The second kappa shape index (κ2) is 5.91. The summed E-state index contributed by atoms with van der Waals surface area (Å²) in [5.41, 5.74) is 0. The number of hydrogen-bond acceptors (Lipinski definition) is 5. The zero-order chi connectivity index (χ0) is 17.4. The number of piperazine rings is 1. The summed E-state index contributed by atoms with van der Waals surface area (Å²) >= 11 is 0. The molecule has 12 heteroatoms. The molecule has 2 saturated heterocycles. The van der Waals surface area contributed by atoms with Crippen LogP contribution in [0.5, 0.6) is 0 Å². The maximum absolute atomic E-state index is 13.6. The summed E-state index contributed by atoms with van der Waals surface area (Å²) in [4.78, 5) is 35.4. The van der Waals surface area contributed by atoms with Crippen molar-refractivity contribution in [1.82, 2.24) is 15.1 Å². The van der Waals surface area contributed by atoms with Gasteiger partial charge in [0.1, 0.15) is 0 Å². The first kappa shape index (κ1) is 17.4. The summed E-state index contributed by atoms with van der Waals surface area (Å²) in [6, 6.07) is -1.11. The standard InChI is InChI=1S/C11H12F5N3O4/c12-10(13,7(20)23-8(21)11(14,15)16)5-18-4-6-3-17-1-2-19(6)9(18)22/h6,17H,1-5H2/t6-/m0/s1. The quantitative estimate of drug-likeness (QED) is 0.441. The zero-order valence-electron chi connectivity index (χ0n) is 11.5. The molecule has 0 aromatic rings. The molecule has 1 N–H and O–H groups in total. The second-order valence-corrected chi connectivity index (χ2v) is 5.09. The second-order valence-electron chi connectivity index (χ2n) is 5.09. The van der Waals surface area contributed by atoms with Gasteiger partial charge in [0.2, 0.25) is 0 Å². The smallest absolute Gasteiger partial charge is 0.382 e. The normalized spacial score (nSPS) is 22.1. The molecular weight excluding hydrogens is 333 g/mol. The Kier molecular flexibility index (Phi) is 4.46. The summed E-state index contributed by atoms with van der Waals surface area (Å²) < 4.78 is 66.2. The minimum absolute atomic E-state index is 0.109. The lowest BCUT2D eigenvalue weighted by atomic mass is 10.2. The van der Waals surface area contributed by atoms with Gasteiger partial charge in [0.25, 0.3) is 0 Å². The molecule has 2 amide bonds. The number of urea groups is 1. The molecule has 130 valence electrons. The molecule has 0 saturated carbocycles. The van der Waals surface area contributed by atoms with Gasteiger partial charge in [-0.25, -0.2) is 14.4 Å². The number of halogens is 5. The lowest BCUT2D eigenvalue weighted by Gasteiger charge is -2.28. The highest BCUT2D eigenvalue weighted by Gasteiger charge is 2.51. The molecule has 0 aromatic heterocycles. The third-order valence-corrected chi connectivity index (χ3v) is 3.40. The average molecular weight is 345 g/mol. The number of rotatable bonds is 3. The third-order valence-electron chi connectivity index (χ3n) is 3.40. The van der Waals surface area contributed by atoms with E-state index in [1.807, 2.05) is 0 Å². The van der Waals surface area contributed by atoms with E-state index in [4.69, 9.17) is 0 Å². The first-order valence-electron chi connectivity index (χ1n) is 6.50. The molecule has 2 heterocycles. The lowest BCUT2D eigenvalue weighted by molar-refractivity contribution is -0.210. The number of fused-ring (bicyclic) bond motifs is 1. The van der Waals surface area contributed by atoms with Gasteiger partial charge in [-0.2, -0.15) is 22.0 Å². The van der Waals surface area contributed by atoms with E-state index in [0.29, 0.717) is 24.5 Å². The molecule has 0 unspecified atom stereocenters. The Bertz CT molecular complexity index is 524. The molecule has 2 fully saturated rings. The molecule has 2 rings (SSSR count). The van der Waals surface area contributed by atoms with Crippen LogP contribution in [0, 0.1) is 0 Å². The van der Waals surface area contributed by atoms with Crippen LogP contribution in [0.3, 0.4) is 0 Å². The highest BCUT2D eigenvalue weighted by atomic mass is 19.4. The fraction of sp³-hybridized carbons (Fsp3) is 0.727. The summed E-state index contributed by atoms with van der Waals surface area (Å²) in [7, 11) is 0. The van der Waals surface area contributed by atoms with E-state index in [2.05, 4.69) is 10.1 Å². The molecule has 0 radical (unpaired) electrons. The van der Waals surface area contributed by atoms with E-state index in [1.165, 1.54) is 4.90 Å². The molecule has 0 aromatic carbocycles. The number of nitrogens with zero attached hydrogens (tertiary/aromatic N) is 2. The third kappa shape index (κ3) is 3.68. The first-order chi connectivity index (χ1) is 10.5. The van der Waals surface area contributed by atoms with Crippen LogP contribution in [0.25, 0.3) is 0 Å². The van der Waals surface area contributed by atoms with Crippen molar-refractivity contribution in [3.05, 3.63) is 0 Å². The molecule has 1 atom stereocenters. The number of amides is 2. The van der Waals surface area contributed by atoms with Gasteiger partial charge in [0.05, 0.1) is 12.6 Å². The van der Waals surface area contributed by atoms with Crippen molar-refractivity contribution in [1.29, 1.82) is 0 Å². The van der Waals surface area contributed by atoms with Crippen LogP contribution >= 0.6 is 0 Å². The van der Waals surface area contributed by atoms with E-state index in [0.717, 1.165) is 0 Å².